The lowest BCUT2D eigenvalue weighted by molar-refractivity contribution is -0.136. The SMILES string of the molecule is CC1CC(C)(C)CC2(C1)NC(=O)N(CC(=O)Nc1ccc3c(c1)C(=O)N(C)C3=O)C2=O. The molecule has 4 rings (SSSR count). The van der Waals surface area contributed by atoms with E-state index in [4.69, 9.17) is 0 Å². The Morgan fingerprint density at radius 1 is 1.13 bits per heavy atom. The lowest BCUT2D eigenvalue weighted by atomic mass is 9.64. The van der Waals surface area contributed by atoms with Crippen molar-refractivity contribution in [3.63, 3.8) is 0 Å². The topological polar surface area (TPSA) is 116 Å². The quantitative estimate of drug-likeness (QED) is 0.566. The third-order valence-corrected chi connectivity index (χ3v) is 6.30. The highest BCUT2D eigenvalue weighted by Gasteiger charge is 2.56. The number of hydrogen-bond acceptors (Lipinski definition) is 5. The van der Waals surface area contributed by atoms with Crippen LogP contribution in [0.4, 0.5) is 10.5 Å². The minimum Gasteiger partial charge on any atom is -0.325 e. The monoisotopic (exact) mass is 426 g/mol. The summed E-state index contributed by atoms with van der Waals surface area (Å²) in [6.07, 6.45) is 2.04. The summed E-state index contributed by atoms with van der Waals surface area (Å²) in [5, 5.41) is 5.46. The lowest BCUT2D eigenvalue weighted by Gasteiger charge is -2.43. The highest BCUT2D eigenvalue weighted by atomic mass is 16.2. The summed E-state index contributed by atoms with van der Waals surface area (Å²) in [5.41, 5.74) is -0.271. The minimum absolute atomic E-state index is 0.0968. The first-order valence-corrected chi connectivity index (χ1v) is 10.3. The number of nitrogens with one attached hydrogen (secondary N) is 2. The highest BCUT2D eigenvalue weighted by molar-refractivity contribution is 6.21. The Hall–Kier alpha value is -3.23. The number of rotatable bonds is 3. The van der Waals surface area contributed by atoms with Gasteiger partial charge in [-0.2, -0.15) is 0 Å². The number of carbonyl (C=O) groups is 5. The van der Waals surface area contributed by atoms with Crippen LogP contribution in [0.5, 0.6) is 0 Å². The number of anilines is 1. The molecule has 0 radical (unpaired) electrons. The summed E-state index contributed by atoms with van der Waals surface area (Å²) in [5.74, 6) is -1.50. The normalized spacial score (nSPS) is 27.0. The molecule has 164 valence electrons. The highest BCUT2D eigenvalue weighted by Crippen LogP contribution is 2.46. The number of amides is 6. The molecule has 2 unspecified atom stereocenters. The van der Waals surface area contributed by atoms with Gasteiger partial charge in [-0.25, -0.2) is 4.79 Å². The Morgan fingerprint density at radius 2 is 1.81 bits per heavy atom. The number of urea groups is 1. The molecule has 1 aliphatic carbocycles. The first-order chi connectivity index (χ1) is 14.4. The van der Waals surface area contributed by atoms with E-state index in [1.165, 1.54) is 25.2 Å². The van der Waals surface area contributed by atoms with Crippen molar-refractivity contribution in [1.29, 1.82) is 0 Å². The Labute approximate surface area is 180 Å². The zero-order valence-electron chi connectivity index (χ0n) is 18.1. The maximum Gasteiger partial charge on any atom is 0.325 e. The second-order valence-electron chi connectivity index (χ2n) is 9.74. The van der Waals surface area contributed by atoms with Crippen LogP contribution in [0, 0.1) is 11.3 Å². The molecule has 2 heterocycles. The molecule has 2 N–H and O–H groups in total. The maximum absolute atomic E-state index is 13.2. The fourth-order valence-corrected chi connectivity index (χ4v) is 5.43. The van der Waals surface area contributed by atoms with Crippen molar-refractivity contribution in [1.82, 2.24) is 15.1 Å². The molecule has 1 spiro atoms. The van der Waals surface area contributed by atoms with Crippen molar-refractivity contribution >= 4 is 35.3 Å². The average molecular weight is 426 g/mol. The van der Waals surface area contributed by atoms with Crippen molar-refractivity contribution in [2.75, 3.05) is 18.9 Å². The van der Waals surface area contributed by atoms with Crippen molar-refractivity contribution in [3.05, 3.63) is 29.3 Å². The van der Waals surface area contributed by atoms with Crippen LogP contribution in [-0.2, 0) is 9.59 Å². The molecule has 2 aliphatic heterocycles. The molecule has 1 aromatic carbocycles. The van der Waals surface area contributed by atoms with Gasteiger partial charge in [0.15, 0.2) is 0 Å². The van der Waals surface area contributed by atoms with Gasteiger partial charge in [-0.3, -0.25) is 29.0 Å². The Kier molecular flexibility index (Phi) is 4.68. The van der Waals surface area contributed by atoms with Gasteiger partial charge in [-0.05, 0) is 48.8 Å². The second kappa shape index (κ2) is 6.90. The number of benzene rings is 1. The number of imide groups is 2. The number of nitrogens with zero attached hydrogens (tertiary/aromatic N) is 2. The standard InChI is InChI=1S/C22H26N4O5/c1-12-8-21(2,3)11-22(9-12)19(30)26(20(31)24-22)10-16(27)23-13-5-6-14-15(7-13)18(29)25(4)17(14)28/h5-7,12H,8-11H2,1-4H3,(H,23,27)(H,24,31). The van der Waals surface area contributed by atoms with Gasteiger partial charge < -0.3 is 10.6 Å². The van der Waals surface area contributed by atoms with E-state index in [-0.39, 0.29) is 28.4 Å². The van der Waals surface area contributed by atoms with Crippen LogP contribution < -0.4 is 10.6 Å². The van der Waals surface area contributed by atoms with E-state index >= 15 is 0 Å². The Balaban J connectivity index is 1.47. The molecule has 6 amide bonds. The predicted octanol–water partition coefficient (Wildman–Crippen LogP) is 1.99. The van der Waals surface area contributed by atoms with Crippen molar-refractivity contribution < 1.29 is 24.0 Å². The summed E-state index contributed by atoms with van der Waals surface area (Å²) in [7, 11) is 1.39. The zero-order valence-corrected chi connectivity index (χ0v) is 18.1. The first kappa shape index (κ1) is 21.0. The molecule has 1 saturated carbocycles. The van der Waals surface area contributed by atoms with E-state index in [0.29, 0.717) is 18.5 Å². The summed E-state index contributed by atoms with van der Waals surface area (Å²) >= 11 is 0. The largest absolute Gasteiger partial charge is 0.325 e. The lowest BCUT2D eigenvalue weighted by Crippen LogP contribution is -2.54. The van der Waals surface area contributed by atoms with Gasteiger partial charge in [-0.1, -0.05) is 20.8 Å². The van der Waals surface area contributed by atoms with E-state index in [1.807, 2.05) is 0 Å². The molecule has 2 fully saturated rings. The third kappa shape index (κ3) is 3.47. The molecule has 2 atom stereocenters. The van der Waals surface area contributed by atoms with E-state index in [1.54, 1.807) is 0 Å². The van der Waals surface area contributed by atoms with Crippen LogP contribution in [0.1, 0.15) is 60.7 Å². The van der Waals surface area contributed by atoms with Crippen LogP contribution in [0.2, 0.25) is 0 Å². The molecule has 0 bridgehead atoms. The van der Waals surface area contributed by atoms with E-state index < -0.39 is 35.8 Å². The smallest absolute Gasteiger partial charge is 0.325 e. The zero-order chi connectivity index (χ0) is 22.7. The van der Waals surface area contributed by atoms with Gasteiger partial charge in [0.05, 0.1) is 11.1 Å². The predicted molar refractivity (Wildman–Crippen MR) is 111 cm³/mol. The van der Waals surface area contributed by atoms with Gasteiger partial charge in [-0.15, -0.1) is 0 Å². The van der Waals surface area contributed by atoms with Crippen LogP contribution in [0.15, 0.2) is 18.2 Å². The Bertz CT molecular complexity index is 1030. The first-order valence-electron chi connectivity index (χ1n) is 10.3. The maximum atomic E-state index is 13.2. The summed E-state index contributed by atoms with van der Waals surface area (Å²) in [4.78, 5) is 64.4. The summed E-state index contributed by atoms with van der Waals surface area (Å²) in [6.45, 7) is 5.80. The van der Waals surface area contributed by atoms with Crippen molar-refractivity contribution in [3.8, 4) is 0 Å². The number of fused-ring (bicyclic) bond motifs is 1. The van der Waals surface area contributed by atoms with Crippen molar-refractivity contribution in [2.45, 2.75) is 45.6 Å². The van der Waals surface area contributed by atoms with E-state index in [9.17, 15) is 24.0 Å². The van der Waals surface area contributed by atoms with Gasteiger partial charge in [0.25, 0.3) is 17.7 Å². The van der Waals surface area contributed by atoms with Crippen LogP contribution in [-0.4, -0.2) is 58.6 Å². The second-order valence-corrected chi connectivity index (χ2v) is 9.74. The van der Waals surface area contributed by atoms with E-state index in [2.05, 4.69) is 31.4 Å². The molecular formula is C22H26N4O5. The van der Waals surface area contributed by atoms with Crippen LogP contribution in [0.3, 0.4) is 0 Å². The molecule has 0 aromatic heterocycles. The fraction of sp³-hybridized carbons (Fsp3) is 0.500. The van der Waals surface area contributed by atoms with Gasteiger partial charge in [0.1, 0.15) is 12.1 Å². The average Bonchev–Trinajstić information content (AvgIpc) is 3.00. The summed E-state index contributed by atoms with van der Waals surface area (Å²) in [6, 6.07) is 3.85. The molecule has 9 nitrogen and oxygen atoms in total. The van der Waals surface area contributed by atoms with Gasteiger partial charge >= 0.3 is 6.03 Å². The number of hydrogen-bond donors (Lipinski definition) is 2. The van der Waals surface area contributed by atoms with Gasteiger partial charge in [0, 0.05) is 12.7 Å². The van der Waals surface area contributed by atoms with Crippen LogP contribution >= 0.6 is 0 Å². The van der Waals surface area contributed by atoms with Crippen molar-refractivity contribution in [2.24, 2.45) is 11.3 Å². The number of carbonyl (C=O) groups excluding carboxylic acids is 5. The third-order valence-electron chi connectivity index (χ3n) is 6.30. The molecule has 31 heavy (non-hydrogen) atoms. The Morgan fingerprint density at radius 3 is 2.48 bits per heavy atom. The molecular weight excluding hydrogens is 400 g/mol. The fourth-order valence-electron chi connectivity index (χ4n) is 5.43. The van der Waals surface area contributed by atoms with E-state index in [0.717, 1.165) is 16.2 Å². The minimum atomic E-state index is -0.969. The van der Waals surface area contributed by atoms with Crippen LogP contribution in [0.25, 0.3) is 0 Å². The molecule has 3 aliphatic rings. The van der Waals surface area contributed by atoms with Gasteiger partial charge in [0.2, 0.25) is 5.91 Å². The summed E-state index contributed by atoms with van der Waals surface area (Å²) < 4.78 is 0. The molecule has 1 saturated heterocycles. The molecule has 9 heteroatoms. The molecule has 1 aromatic rings.